The predicted octanol–water partition coefficient (Wildman–Crippen LogP) is 3.72. The molecular weight excluding hydrogens is 220 g/mol. The summed E-state index contributed by atoms with van der Waals surface area (Å²) in [6.45, 7) is 9.20. The van der Waals surface area contributed by atoms with E-state index in [1.54, 1.807) is 0 Å². The number of piperidine rings is 1. The number of hydrogen-bond donors (Lipinski definition) is 1. The quantitative estimate of drug-likeness (QED) is 0.880. The van der Waals surface area contributed by atoms with Gasteiger partial charge in [0.05, 0.1) is 0 Å². The molecule has 1 atom stereocenters. The van der Waals surface area contributed by atoms with Crippen LogP contribution in [0.3, 0.4) is 0 Å². The molecule has 1 aliphatic heterocycles. The zero-order valence-electron chi connectivity index (χ0n) is 11.9. The fourth-order valence-corrected chi connectivity index (χ4v) is 2.66. The lowest BCUT2D eigenvalue weighted by Crippen LogP contribution is -2.38. The molecule has 1 unspecified atom stereocenters. The summed E-state index contributed by atoms with van der Waals surface area (Å²) in [7, 11) is 0. The van der Waals surface area contributed by atoms with Crippen LogP contribution in [0.25, 0.3) is 0 Å². The van der Waals surface area contributed by atoms with Crippen molar-refractivity contribution >= 4 is 5.69 Å². The van der Waals surface area contributed by atoms with Gasteiger partial charge in [-0.25, -0.2) is 0 Å². The molecule has 0 saturated carbocycles. The monoisotopic (exact) mass is 246 g/mol. The van der Waals surface area contributed by atoms with E-state index in [-0.39, 0.29) is 6.04 Å². The highest BCUT2D eigenvalue weighted by Gasteiger charge is 2.26. The van der Waals surface area contributed by atoms with E-state index in [1.807, 2.05) is 0 Å². The van der Waals surface area contributed by atoms with E-state index in [1.165, 1.54) is 24.1 Å². The summed E-state index contributed by atoms with van der Waals surface area (Å²) in [6.07, 6.45) is 3.53. The summed E-state index contributed by atoms with van der Waals surface area (Å²) < 4.78 is 0. The molecule has 1 fully saturated rings. The van der Waals surface area contributed by atoms with E-state index >= 15 is 0 Å². The molecule has 2 heteroatoms. The van der Waals surface area contributed by atoms with Gasteiger partial charge >= 0.3 is 0 Å². The predicted molar refractivity (Wildman–Crippen MR) is 78.9 cm³/mol. The van der Waals surface area contributed by atoms with Crippen LogP contribution in [0.2, 0.25) is 0 Å². The second-order valence-corrected chi connectivity index (χ2v) is 6.22. The zero-order valence-corrected chi connectivity index (χ0v) is 11.9. The molecule has 2 rings (SSSR count). The Morgan fingerprint density at radius 1 is 1.22 bits per heavy atom. The molecule has 1 saturated heterocycles. The van der Waals surface area contributed by atoms with Crippen LogP contribution in [0.1, 0.15) is 51.6 Å². The Labute approximate surface area is 111 Å². The van der Waals surface area contributed by atoms with Gasteiger partial charge in [0.15, 0.2) is 0 Å². The van der Waals surface area contributed by atoms with Crippen LogP contribution in [0.15, 0.2) is 24.3 Å². The van der Waals surface area contributed by atoms with Crippen molar-refractivity contribution in [3.8, 4) is 0 Å². The third-order valence-corrected chi connectivity index (χ3v) is 4.23. The van der Waals surface area contributed by atoms with Crippen LogP contribution < -0.4 is 10.6 Å². The fourth-order valence-electron chi connectivity index (χ4n) is 2.66. The van der Waals surface area contributed by atoms with Gasteiger partial charge in [0.25, 0.3) is 0 Å². The molecule has 1 aliphatic rings. The Kier molecular flexibility index (Phi) is 3.96. The van der Waals surface area contributed by atoms with Crippen LogP contribution in [-0.4, -0.2) is 13.1 Å². The normalized spacial score (nSPS) is 20.8. The average molecular weight is 246 g/mol. The molecule has 0 radical (unpaired) electrons. The van der Waals surface area contributed by atoms with E-state index in [0.717, 1.165) is 19.5 Å². The Balaban J connectivity index is 2.19. The van der Waals surface area contributed by atoms with Crippen molar-refractivity contribution in [2.45, 2.75) is 46.1 Å². The van der Waals surface area contributed by atoms with Crippen molar-refractivity contribution in [3.63, 3.8) is 0 Å². The number of benzene rings is 1. The largest absolute Gasteiger partial charge is 0.371 e. The summed E-state index contributed by atoms with van der Waals surface area (Å²) >= 11 is 0. The van der Waals surface area contributed by atoms with Crippen LogP contribution in [-0.2, 0) is 0 Å². The van der Waals surface area contributed by atoms with Gasteiger partial charge in [0.1, 0.15) is 0 Å². The maximum absolute atomic E-state index is 6.23. The third kappa shape index (κ3) is 2.86. The minimum absolute atomic E-state index is 0.163. The summed E-state index contributed by atoms with van der Waals surface area (Å²) in [5, 5.41) is 0. The van der Waals surface area contributed by atoms with Gasteiger partial charge < -0.3 is 10.6 Å². The Hall–Kier alpha value is -1.02. The highest BCUT2D eigenvalue weighted by atomic mass is 15.1. The molecule has 0 spiro atoms. The Bertz CT molecular complexity index is 388. The standard InChI is InChI=1S/C16H26N2/c1-4-14(17)13-7-5-6-8-15(13)18-11-9-16(2,3)10-12-18/h5-8,14H,4,9-12,17H2,1-3H3. The number of nitrogens with two attached hydrogens (primary N) is 1. The highest BCUT2D eigenvalue weighted by Crippen LogP contribution is 2.34. The van der Waals surface area contributed by atoms with Gasteiger partial charge in [-0.05, 0) is 36.3 Å². The molecule has 2 N–H and O–H groups in total. The van der Waals surface area contributed by atoms with Gasteiger partial charge in [0, 0.05) is 24.8 Å². The smallest absolute Gasteiger partial charge is 0.0414 e. The minimum atomic E-state index is 0.163. The van der Waals surface area contributed by atoms with Crippen LogP contribution in [0, 0.1) is 5.41 Å². The minimum Gasteiger partial charge on any atom is -0.371 e. The van der Waals surface area contributed by atoms with E-state index < -0.39 is 0 Å². The van der Waals surface area contributed by atoms with Crippen molar-refractivity contribution in [1.82, 2.24) is 0 Å². The summed E-state index contributed by atoms with van der Waals surface area (Å²) in [5.74, 6) is 0. The van der Waals surface area contributed by atoms with E-state index in [0.29, 0.717) is 5.41 Å². The molecule has 0 aliphatic carbocycles. The molecule has 0 amide bonds. The molecule has 0 bridgehead atoms. The van der Waals surface area contributed by atoms with E-state index in [9.17, 15) is 0 Å². The number of hydrogen-bond acceptors (Lipinski definition) is 2. The summed E-state index contributed by atoms with van der Waals surface area (Å²) in [6, 6.07) is 8.80. The molecular formula is C16H26N2. The third-order valence-electron chi connectivity index (χ3n) is 4.23. The molecule has 100 valence electrons. The van der Waals surface area contributed by atoms with Gasteiger partial charge in [-0.15, -0.1) is 0 Å². The van der Waals surface area contributed by atoms with E-state index in [4.69, 9.17) is 5.73 Å². The molecule has 1 aromatic rings. The second kappa shape index (κ2) is 5.31. The van der Waals surface area contributed by atoms with Gasteiger partial charge in [-0.1, -0.05) is 39.0 Å². The lowest BCUT2D eigenvalue weighted by atomic mass is 9.82. The molecule has 2 nitrogen and oxygen atoms in total. The van der Waals surface area contributed by atoms with Crippen molar-refractivity contribution in [1.29, 1.82) is 0 Å². The lowest BCUT2D eigenvalue weighted by molar-refractivity contribution is 0.279. The zero-order chi connectivity index (χ0) is 13.2. The first kappa shape index (κ1) is 13.4. The van der Waals surface area contributed by atoms with Crippen molar-refractivity contribution < 1.29 is 0 Å². The number of para-hydroxylation sites is 1. The van der Waals surface area contributed by atoms with Crippen LogP contribution in [0.4, 0.5) is 5.69 Å². The topological polar surface area (TPSA) is 29.3 Å². The molecule has 18 heavy (non-hydrogen) atoms. The van der Waals surface area contributed by atoms with Gasteiger partial charge in [0.2, 0.25) is 0 Å². The van der Waals surface area contributed by atoms with Crippen molar-refractivity contribution in [2.75, 3.05) is 18.0 Å². The van der Waals surface area contributed by atoms with Gasteiger partial charge in [-0.2, -0.15) is 0 Å². The average Bonchev–Trinajstić information content (AvgIpc) is 2.38. The molecule has 0 aromatic heterocycles. The Morgan fingerprint density at radius 3 is 2.44 bits per heavy atom. The molecule has 1 aromatic carbocycles. The summed E-state index contributed by atoms with van der Waals surface area (Å²) in [5.41, 5.74) is 9.38. The second-order valence-electron chi connectivity index (χ2n) is 6.22. The first-order chi connectivity index (χ1) is 8.53. The van der Waals surface area contributed by atoms with Crippen molar-refractivity contribution in [2.24, 2.45) is 11.1 Å². The Morgan fingerprint density at radius 2 is 1.83 bits per heavy atom. The van der Waals surface area contributed by atoms with Crippen LogP contribution in [0.5, 0.6) is 0 Å². The maximum Gasteiger partial charge on any atom is 0.0414 e. The SMILES string of the molecule is CCC(N)c1ccccc1N1CCC(C)(C)CC1. The number of nitrogens with zero attached hydrogens (tertiary/aromatic N) is 1. The fraction of sp³-hybridized carbons (Fsp3) is 0.625. The van der Waals surface area contributed by atoms with Crippen molar-refractivity contribution in [3.05, 3.63) is 29.8 Å². The first-order valence-electron chi connectivity index (χ1n) is 7.13. The highest BCUT2D eigenvalue weighted by molar-refractivity contribution is 5.55. The van der Waals surface area contributed by atoms with Crippen LogP contribution >= 0.6 is 0 Å². The van der Waals surface area contributed by atoms with Gasteiger partial charge in [-0.3, -0.25) is 0 Å². The molecule has 1 heterocycles. The maximum atomic E-state index is 6.23. The number of rotatable bonds is 3. The van der Waals surface area contributed by atoms with E-state index in [2.05, 4.69) is 49.9 Å². The summed E-state index contributed by atoms with van der Waals surface area (Å²) in [4.78, 5) is 2.51. The number of anilines is 1. The lowest BCUT2D eigenvalue weighted by Gasteiger charge is -2.39. The first-order valence-corrected chi connectivity index (χ1v) is 7.13.